The van der Waals surface area contributed by atoms with Gasteiger partial charge in [0.05, 0.1) is 23.2 Å². The Morgan fingerprint density at radius 1 is 0.595 bits per heavy atom. The van der Waals surface area contributed by atoms with Crippen LogP contribution in [0.3, 0.4) is 0 Å². The molecule has 0 aliphatic carbocycles. The molecular formula is C26H43NNa4O10S. The predicted molar refractivity (Wildman–Crippen MR) is 133 cm³/mol. The summed E-state index contributed by atoms with van der Waals surface area (Å²) in [5.41, 5.74) is 0. The number of rotatable bonds is 25. The topological polar surface area (TPSA) is 198 Å². The summed E-state index contributed by atoms with van der Waals surface area (Å²) < 4.78 is 33.4. The van der Waals surface area contributed by atoms with Gasteiger partial charge in [0.1, 0.15) is 10.1 Å². The second-order valence-electron chi connectivity index (χ2n) is 9.81. The minimum absolute atomic E-state index is 0. The molecule has 2 atom stereocenters. The van der Waals surface area contributed by atoms with Gasteiger partial charge in [-0.2, -0.15) is 0 Å². The Morgan fingerprint density at radius 2 is 0.952 bits per heavy atom. The largest absolute Gasteiger partial charge is 1.00 e. The van der Waals surface area contributed by atoms with Gasteiger partial charge < -0.3 is 39.2 Å². The molecule has 0 aromatic rings. The number of amides is 1. The van der Waals surface area contributed by atoms with E-state index in [4.69, 9.17) is 0 Å². The first-order valence-corrected chi connectivity index (χ1v) is 15.2. The van der Waals surface area contributed by atoms with E-state index in [1.807, 2.05) is 0 Å². The average molecular weight is 654 g/mol. The van der Waals surface area contributed by atoms with E-state index >= 15 is 0 Å². The third kappa shape index (κ3) is 28.0. The maximum atomic E-state index is 12.6. The average Bonchev–Trinajstić information content (AvgIpc) is 2.82. The van der Waals surface area contributed by atoms with E-state index < -0.39 is 58.1 Å². The van der Waals surface area contributed by atoms with Gasteiger partial charge in [0.2, 0.25) is 5.91 Å². The van der Waals surface area contributed by atoms with E-state index in [9.17, 15) is 47.5 Å². The number of hydrogen-bond acceptors (Lipinski definition) is 10. The van der Waals surface area contributed by atoms with Gasteiger partial charge in [-0.25, -0.2) is 8.42 Å². The normalized spacial score (nSPS) is 11.9. The third-order valence-corrected chi connectivity index (χ3v) is 7.61. The number of carbonyl (C=O) groups excluding carboxylic acids is 4. The molecule has 0 radical (unpaired) electrons. The van der Waals surface area contributed by atoms with Crippen molar-refractivity contribution in [2.45, 2.75) is 134 Å². The van der Waals surface area contributed by atoms with Gasteiger partial charge in [-0.15, -0.1) is 0 Å². The third-order valence-electron chi connectivity index (χ3n) is 6.55. The molecule has 0 N–H and O–H groups in total. The summed E-state index contributed by atoms with van der Waals surface area (Å²) in [6.07, 6.45) is 14.9. The van der Waals surface area contributed by atoms with Crippen molar-refractivity contribution in [2.75, 3.05) is 6.54 Å². The number of aliphatic carboxylic acids is 3. The second-order valence-corrected chi connectivity index (χ2v) is 11.4. The molecular weight excluding hydrogens is 610 g/mol. The van der Waals surface area contributed by atoms with E-state index in [1.54, 1.807) is 0 Å². The van der Waals surface area contributed by atoms with Crippen molar-refractivity contribution >= 4 is 33.9 Å². The van der Waals surface area contributed by atoms with Crippen molar-refractivity contribution in [1.29, 1.82) is 0 Å². The Labute approximate surface area is 340 Å². The van der Waals surface area contributed by atoms with Crippen LogP contribution in [0.4, 0.5) is 0 Å². The van der Waals surface area contributed by atoms with Crippen LogP contribution in [0, 0.1) is 0 Å². The van der Waals surface area contributed by atoms with Gasteiger partial charge >= 0.3 is 118 Å². The van der Waals surface area contributed by atoms with Gasteiger partial charge in [0.25, 0.3) is 0 Å². The van der Waals surface area contributed by atoms with Crippen LogP contribution in [0.25, 0.3) is 0 Å². The van der Waals surface area contributed by atoms with Crippen LogP contribution in [0.15, 0.2) is 0 Å². The quantitative estimate of drug-likeness (QED) is 0.0518. The molecule has 0 bridgehead atoms. The van der Waals surface area contributed by atoms with E-state index in [1.165, 1.54) is 57.8 Å². The molecule has 0 rings (SSSR count). The zero-order chi connectivity index (χ0) is 29.0. The molecule has 0 aromatic heterocycles. The molecule has 0 saturated heterocycles. The molecule has 1 amide bonds. The summed E-state index contributed by atoms with van der Waals surface area (Å²) in [6, 6.07) is -2.00. The number of hydrogen-bond donors (Lipinski definition) is 0. The molecule has 16 heteroatoms. The summed E-state index contributed by atoms with van der Waals surface area (Å²) in [6.45, 7) is 1.94. The number of carboxylic acid groups (broad SMARTS) is 3. The number of nitrogens with zero attached hydrogens (tertiary/aromatic N) is 1. The maximum absolute atomic E-state index is 12.6. The Hall–Kier alpha value is 1.79. The van der Waals surface area contributed by atoms with E-state index in [0.29, 0.717) is 11.3 Å². The molecule has 0 aliphatic heterocycles. The number of carbonyl (C=O) groups is 4. The molecule has 11 nitrogen and oxygen atoms in total. The monoisotopic (exact) mass is 653 g/mol. The van der Waals surface area contributed by atoms with Crippen molar-refractivity contribution < 1.29 is 166 Å². The summed E-state index contributed by atoms with van der Waals surface area (Å²) in [7, 11) is -5.46. The number of carboxylic acids is 3. The Morgan fingerprint density at radius 3 is 1.24 bits per heavy atom. The zero-order valence-corrected chi connectivity index (χ0v) is 35.3. The fraction of sp³-hybridized carbons (Fsp3) is 0.846. The number of unbranched alkanes of at least 4 members (excludes halogenated alkanes) is 15. The van der Waals surface area contributed by atoms with Crippen molar-refractivity contribution in [3.63, 3.8) is 0 Å². The Bertz CT molecular complexity index is 834. The first-order chi connectivity index (χ1) is 17.9. The van der Waals surface area contributed by atoms with Gasteiger partial charge in [0.15, 0.2) is 0 Å². The zero-order valence-electron chi connectivity index (χ0n) is 26.5. The fourth-order valence-corrected chi connectivity index (χ4v) is 4.92. The maximum Gasteiger partial charge on any atom is 1.00 e. The molecule has 0 aliphatic rings. The van der Waals surface area contributed by atoms with Crippen LogP contribution in [0.1, 0.15) is 122 Å². The second kappa shape index (κ2) is 32.7. The molecule has 222 valence electrons. The molecule has 0 heterocycles. The van der Waals surface area contributed by atoms with Crippen molar-refractivity contribution in [2.24, 2.45) is 0 Å². The van der Waals surface area contributed by atoms with Crippen molar-refractivity contribution in [1.82, 2.24) is 4.90 Å². The van der Waals surface area contributed by atoms with E-state index in [-0.39, 0.29) is 131 Å². The van der Waals surface area contributed by atoms with Crippen LogP contribution in [0.2, 0.25) is 0 Å². The minimum Gasteiger partial charge on any atom is -0.747 e. The first kappa shape index (κ1) is 53.3. The van der Waals surface area contributed by atoms with Crippen molar-refractivity contribution in [3.8, 4) is 0 Å². The standard InChI is InChI=1S/C26H47NO10S.4Na/c1-2-3-4-5-6-7-8-9-10-11-12-13-14-15-16-17-18-27(21(25(31)32)19-24(29)30)23(28)20-22(26(33)34)38(35,36)37;;;;/h21-22H,2-20H2,1H3,(H,29,30)(H,31,32)(H,33,34)(H,35,36,37);;;;/q;4*+1/p-4. The summed E-state index contributed by atoms with van der Waals surface area (Å²) in [5, 5.41) is 30.7. The van der Waals surface area contributed by atoms with Gasteiger partial charge in [-0.1, -0.05) is 103 Å². The molecule has 0 spiro atoms. The van der Waals surface area contributed by atoms with Crippen LogP contribution in [0.5, 0.6) is 0 Å². The fourth-order valence-electron chi connectivity index (χ4n) is 4.34. The summed E-state index contributed by atoms with van der Waals surface area (Å²) in [5.74, 6) is -7.33. The first-order valence-electron chi connectivity index (χ1n) is 13.8. The Kier molecular flexibility index (Phi) is 41.5. The van der Waals surface area contributed by atoms with E-state index in [2.05, 4.69) is 6.92 Å². The molecule has 2 unspecified atom stereocenters. The smallest absolute Gasteiger partial charge is 0.747 e. The van der Waals surface area contributed by atoms with Gasteiger partial charge in [-0.05, 0) is 6.42 Å². The van der Waals surface area contributed by atoms with Gasteiger partial charge in [-0.3, -0.25) is 4.79 Å². The van der Waals surface area contributed by atoms with Crippen LogP contribution < -0.4 is 134 Å². The summed E-state index contributed by atoms with van der Waals surface area (Å²) >= 11 is 0. The van der Waals surface area contributed by atoms with Crippen molar-refractivity contribution in [3.05, 3.63) is 0 Å². The molecule has 42 heavy (non-hydrogen) atoms. The predicted octanol–water partition coefficient (Wildman–Crippen LogP) is -11.6. The SMILES string of the molecule is CCCCCCCCCCCCCCCCCCN(C(=O)CC(C(=O)[O-])S(=O)(=O)[O-])C(CC(=O)[O-])C(=O)[O-].[Na+].[Na+].[Na+].[Na+]. The van der Waals surface area contributed by atoms with Crippen LogP contribution in [-0.4, -0.2) is 59.5 Å². The van der Waals surface area contributed by atoms with E-state index in [0.717, 1.165) is 32.1 Å². The Balaban J connectivity index is -0.00000114. The minimum atomic E-state index is -5.46. The van der Waals surface area contributed by atoms with Crippen LogP contribution >= 0.6 is 0 Å². The van der Waals surface area contributed by atoms with Gasteiger partial charge in [0, 0.05) is 25.4 Å². The molecule has 0 aromatic carbocycles. The van der Waals surface area contributed by atoms with Crippen LogP contribution in [-0.2, 0) is 29.3 Å². The summed E-state index contributed by atoms with van der Waals surface area (Å²) in [4.78, 5) is 46.5. The molecule has 0 fully saturated rings. The molecule has 0 saturated carbocycles.